The van der Waals surface area contributed by atoms with Gasteiger partial charge >= 0.3 is 30.3 Å². The van der Waals surface area contributed by atoms with E-state index >= 15 is 4.39 Å². The van der Waals surface area contributed by atoms with Gasteiger partial charge in [-0.05, 0) is 66.9 Å². The molecular formula is C33H30F7N6O6+. The largest absolute Gasteiger partial charge is 0.508 e. The number of nitrogens with zero attached hydrogens (tertiary/aromatic N) is 5. The van der Waals surface area contributed by atoms with E-state index in [9.17, 15) is 41.0 Å². The average Bonchev–Trinajstić information content (AvgIpc) is 3.69. The van der Waals surface area contributed by atoms with Crippen LogP contribution in [0.1, 0.15) is 25.7 Å². The Bertz CT molecular complexity index is 2060. The van der Waals surface area contributed by atoms with Crippen molar-refractivity contribution in [2.75, 3.05) is 31.6 Å². The van der Waals surface area contributed by atoms with Gasteiger partial charge in [-0.1, -0.05) is 29.2 Å². The highest BCUT2D eigenvalue weighted by molar-refractivity contribution is 5.99. The van der Waals surface area contributed by atoms with Crippen molar-refractivity contribution in [2.24, 2.45) is 0 Å². The van der Waals surface area contributed by atoms with E-state index in [2.05, 4.69) is 15.3 Å². The third-order valence-corrected chi connectivity index (χ3v) is 9.47. The molecule has 0 radical (unpaired) electrons. The van der Waals surface area contributed by atoms with Gasteiger partial charge in [0.25, 0.3) is 5.82 Å². The summed E-state index contributed by atoms with van der Waals surface area (Å²) in [6.45, 7) is 0.166. The first-order valence-corrected chi connectivity index (χ1v) is 16.2. The van der Waals surface area contributed by atoms with E-state index in [4.69, 9.17) is 14.3 Å². The van der Waals surface area contributed by atoms with Gasteiger partial charge in [0.15, 0.2) is 11.3 Å². The van der Waals surface area contributed by atoms with Crippen LogP contribution in [-0.4, -0.2) is 95.4 Å². The lowest BCUT2D eigenvalue weighted by molar-refractivity contribution is -0.864. The lowest BCUT2D eigenvalue weighted by Crippen LogP contribution is -2.64. The number of alkyl halides is 6. The predicted molar refractivity (Wildman–Crippen MR) is 166 cm³/mol. The number of halogens is 7. The summed E-state index contributed by atoms with van der Waals surface area (Å²) >= 11 is 0. The minimum absolute atomic E-state index is 0.117. The van der Waals surface area contributed by atoms with Crippen molar-refractivity contribution in [3.05, 3.63) is 48.4 Å². The topological polar surface area (TPSA) is 130 Å². The van der Waals surface area contributed by atoms with Crippen LogP contribution in [0, 0.1) is 5.82 Å². The quantitative estimate of drug-likeness (QED) is 0.163. The fourth-order valence-corrected chi connectivity index (χ4v) is 7.02. The van der Waals surface area contributed by atoms with Gasteiger partial charge in [-0.3, -0.25) is 9.82 Å². The number of esters is 1. The van der Waals surface area contributed by atoms with Crippen molar-refractivity contribution in [1.29, 1.82) is 0 Å². The SMILES string of the molecule is CN1CCC[C@H]1COc1nc2c(F)c(-c3cc(O)cc4ccccc34)ncc2c(N2CC3CCC(N3)C2OC(=O)C(F)(F)F)[n+]1OC(=O)C(F)(F)F. The molecular weight excluding hydrogens is 709 g/mol. The molecule has 4 aromatic rings. The van der Waals surface area contributed by atoms with Gasteiger partial charge in [0.05, 0.1) is 12.6 Å². The molecule has 3 aliphatic heterocycles. The zero-order valence-electron chi connectivity index (χ0n) is 27.2. The first-order chi connectivity index (χ1) is 24.6. The summed E-state index contributed by atoms with van der Waals surface area (Å²) in [5.41, 5.74) is -0.802. The van der Waals surface area contributed by atoms with E-state index in [-0.39, 0.29) is 47.4 Å². The molecule has 276 valence electrons. The van der Waals surface area contributed by atoms with E-state index in [1.54, 1.807) is 31.3 Å². The lowest BCUT2D eigenvalue weighted by atomic mass is 10.00. The van der Waals surface area contributed by atoms with Gasteiger partial charge in [0.1, 0.15) is 23.4 Å². The van der Waals surface area contributed by atoms with Gasteiger partial charge in [0, 0.05) is 23.8 Å². The van der Waals surface area contributed by atoms with Crippen LogP contribution in [0.15, 0.2) is 42.6 Å². The van der Waals surface area contributed by atoms with Crippen molar-refractivity contribution in [1.82, 2.24) is 20.2 Å². The molecule has 0 aliphatic carbocycles. The fraction of sp³-hybridized carbons (Fsp3) is 0.424. The Hall–Kier alpha value is -5.04. The van der Waals surface area contributed by atoms with Gasteiger partial charge in [-0.15, -0.1) is 0 Å². The normalized spacial score (nSPS) is 22.3. The van der Waals surface area contributed by atoms with Crippen molar-refractivity contribution < 1.29 is 64.5 Å². The van der Waals surface area contributed by atoms with Crippen molar-refractivity contribution >= 4 is 39.4 Å². The van der Waals surface area contributed by atoms with E-state index in [0.717, 1.165) is 17.5 Å². The molecule has 3 fully saturated rings. The number of phenols is 1. The summed E-state index contributed by atoms with van der Waals surface area (Å²) in [5, 5.41) is 14.1. The number of hydrogen-bond donors (Lipinski definition) is 2. The zero-order chi connectivity index (χ0) is 37.1. The summed E-state index contributed by atoms with van der Waals surface area (Å²) in [4.78, 5) is 40.8. The Kier molecular flexibility index (Phi) is 8.96. The lowest BCUT2D eigenvalue weighted by Gasteiger charge is -2.37. The maximum atomic E-state index is 16.9. The summed E-state index contributed by atoms with van der Waals surface area (Å²) in [7, 11) is 1.78. The number of likely N-dealkylation sites (N-methyl/N-ethyl adjacent to an activating group) is 1. The second-order valence-corrected chi connectivity index (χ2v) is 12.9. The molecule has 3 saturated heterocycles. The number of carbonyl (C=O) groups is 2. The molecule has 4 atom stereocenters. The summed E-state index contributed by atoms with van der Waals surface area (Å²) in [5.74, 6) is -7.34. The van der Waals surface area contributed by atoms with Crippen LogP contribution in [0.5, 0.6) is 11.8 Å². The highest BCUT2D eigenvalue weighted by Crippen LogP contribution is 2.39. The van der Waals surface area contributed by atoms with E-state index in [1.807, 2.05) is 4.90 Å². The molecule has 0 saturated carbocycles. The Morgan fingerprint density at radius 2 is 1.79 bits per heavy atom. The van der Waals surface area contributed by atoms with Crippen molar-refractivity contribution in [3.63, 3.8) is 0 Å². The predicted octanol–water partition coefficient (Wildman–Crippen LogP) is 3.94. The number of ether oxygens (including phenoxy) is 2. The Morgan fingerprint density at radius 1 is 1.04 bits per heavy atom. The molecule has 3 aliphatic rings. The van der Waals surface area contributed by atoms with E-state index in [1.165, 1.54) is 12.1 Å². The van der Waals surface area contributed by atoms with Crippen LogP contribution in [-0.2, 0) is 14.3 Å². The maximum absolute atomic E-state index is 16.9. The summed E-state index contributed by atoms with van der Waals surface area (Å²) < 4.78 is 110. The number of nitrogens with one attached hydrogen (secondary N) is 1. The van der Waals surface area contributed by atoms with E-state index < -0.39 is 71.2 Å². The van der Waals surface area contributed by atoms with Crippen LogP contribution in [0.4, 0.5) is 36.6 Å². The van der Waals surface area contributed by atoms with Crippen LogP contribution in [0.25, 0.3) is 32.9 Å². The van der Waals surface area contributed by atoms with Crippen LogP contribution < -0.4 is 24.5 Å². The second-order valence-electron chi connectivity index (χ2n) is 12.9. The molecule has 19 heteroatoms. The number of phenolic OH excluding ortho intramolecular Hbond substituents is 1. The van der Waals surface area contributed by atoms with Crippen LogP contribution in [0.2, 0.25) is 0 Å². The fourth-order valence-electron chi connectivity index (χ4n) is 7.02. The second kappa shape index (κ2) is 13.2. The molecule has 2 aromatic carbocycles. The number of aromatic hydroxyl groups is 1. The summed E-state index contributed by atoms with van der Waals surface area (Å²) in [6, 6.07) is 6.80. The highest BCUT2D eigenvalue weighted by Gasteiger charge is 2.53. The number of carbonyl (C=O) groups excluding carboxylic acids is 2. The molecule has 52 heavy (non-hydrogen) atoms. The molecule has 2 N–H and O–H groups in total. The average molecular weight is 740 g/mol. The number of aromatic nitrogens is 3. The highest BCUT2D eigenvalue weighted by atomic mass is 19.4. The van der Waals surface area contributed by atoms with Crippen molar-refractivity contribution in [2.45, 2.75) is 62.4 Å². The molecule has 0 spiro atoms. The minimum atomic E-state index is -5.57. The minimum Gasteiger partial charge on any atom is -0.508 e. The van der Waals surface area contributed by atoms with Gasteiger partial charge in [-0.2, -0.15) is 26.3 Å². The third kappa shape index (κ3) is 6.57. The smallest absolute Gasteiger partial charge is 0.495 e. The van der Waals surface area contributed by atoms with Gasteiger partial charge < -0.3 is 24.8 Å². The van der Waals surface area contributed by atoms with Crippen LogP contribution >= 0.6 is 0 Å². The number of pyridine rings is 1. The molecule has 2 bridgehead atoms. The Morgan fingerprint density at radius 3 is 2.50 bits per heavy atom. The number of hydrogen-bond acceptors (Lipinski definition) is 11. The molecule has 12 nitrogen and oxygen atoms in total. The number of rotatable bonds is 7. The van der Waals surface area contributed by atoms with Gasteiger partial charge in [0.2, 0.25) is 6.23 Å². The first-order valence-electron chi connectivity index (χ1n) is 16.2. The number of piperazine rings is 1. The standard InChI is InChI=1S/C33H29F7N6O6/c1-44-10-4-6-18(44)15-50-31-43-26-22(13-41-25(24(26)34)21-12-19(47)11-16-5-2-3-7-20(16)21)27(46(31)52-30(49)33(38,39)40)45-14-17-8-9-23(42-17)28(45)51-29(48)32(35,36)37/h2-3,5,7,11-13,17-18,23,28,42H,4,6,8-10,14-15H2,1H3/p+1/t17?,18-,23?,28?/m0/s1. The number of fused-ring (bicyclic) bond motifs is 4. The number of likely N-dealkylation sites (tertiary alicyclic amines) is 1. The summed E-state index contributed by atoms with van der Waals surface area (Å²) in [6.07, 6.45) is -9.92. The van der Waals surface area contributed by atoms with Gasteiger partial charge in [-0.25, -0.2) is 18.9 Å². The number of anilines is 1. The molecule has 5 heterocycles. The monoisotopic (exact) mass is 739 g/mol. The zero-order valence-corrected chi connectivity index (χ0v) is 27.2. The Balaban J connectivity index is 1.48. The third-order valence-electron chi connectivity index (χ3n) is 9.47. The molecule has 3 unspecified atom stereocenters. The molecule has 7 rings (SSSR count). The molecule has 0 amide bonds. The van der Waals surface area contributed by atoms with E-state index in [0.29, 0.717) is 30.2 Å². The van der Waals surface area contributed by atoms with Crippen LogP contribution in [0.3, 0.4) is 0 Å². The molecule has 2 aromatic heterocycles. The maximum Gasteiger partial charge on any atom is 0.495 e. The number of benzene rings is 2. The first kappa shape index (κ1) is 35.4. The Labute approximate surface area is 289 Å². The van der Waals surface area contributed by atoms with Crippen molar-refractivity contribution in [3.8, 4) is 23.0 Å².